The van der Waals surface area contributed by atoms with E-state index in [0.29, 0.717) is 17.5 Å². The van der Waals surface area contributed by atoms with Crippen molar-refractivity contribution in [1.82, 2.24) is 0 Å². The first-order valence-electron chi connectivity index (χ1n) is 12.0. The number of rotatable bonds is 20. The molecular weight excluding hydrogens is 334 g/mol. The summed E-state index contributed by atoms with van der Waals surface area (Å²) in [6.45, 7) is 4.93. The van der Waals surface area contributed by atoms with E-state index in [2.05, 4.69) is 6.92 Å². The van der Waals surface area contributed by atoms with Crippen molar-refractivity contribution in [3.05, 3.63) is 0 Å². The average molecular weight is 387 g/mol. The Kier molecular flexibility index (Phi) is 16.7. The SMILES string of the molecule is CCCCCCCCCCCCCCCCCCOC(O)(CC)[N+](C)(C)C. The van der Waals surface area contributed by atoms with Gasteiger partial charge in [0.2, 0.25) is 0 Å². The summed E-state index contributed by atoms with van der Waals surface area (Å²) in [7, 11) is 5.95. The van der Waals surface area contributed by atoms with Crippen LogP contribution in [0.4, 0.5) is 0 Å². The summed E-state index contributed by atoms with van der Waals surface area (Å²) in [5, 5.41) is 10.5. The average Bonchev–Trinajstić information content (AvgIpc) is 2.63. The van der Waals surface area contributed by atoms with Crippen molar-refractivity contribution >= 4 is 0 Å². The highest BCUT2D eigenvalue weighted by molar-refractivity contribution is 4.53. The summed E-state index contributed by atoms with van der Waals surface area (Å²) in [4.78, 5) is 0. The molecule has 0 bridgehead atoms. The molecule has 3 heteroatoms. The van der Waals surface area contributed by atoms with Gasteiger partial charge in [0.15, 0.2) is 0 Å². The molecule has 0 aliphatic rings. The minimum Gasteiger partial charge on any atom is -0.319 e. The number of quaternary nitrogens is 1. The zero-order valence-corrected chi connectivity index (χ0v) is 19.5. The predicted molar refractivity (Wildman–Crippen MR) is 119 cm³/mol. The van der Waals surface area contributed by atoms with E-state index in [0.717, 1.165) is 6.42 Å². The fraction of sp³-hybridized carbons (Fsp3) is 1.00. The molecule has 1 N–H and O–H groups in total. The minimum atomic E-state index is -1.05. The van der Waals surface area contributed by atoms with E-state index in [-0.39, 0.29) is 0 Å². The summed E-state index contributed by atoms with van der Waals surface area (Å²) in [6.07, 6.45) is 22.7. The van der Waals surface area contributed by atoms with Gasteiger partial charge in [0.25, 0.3) is 0 Å². The number of ether oxygens (including phenoxy) is 1. The number of unbranched alkanes of at least 4 members (excludes halogenated alkanes) is 15. The lowest BCUT2D eigenvalue weighted by atomic mass is 10.0. The zero-order valence-electron chi connectivity index (χ0n) is 19.5. The molecule has 164 valence electrons. The maximum absolute atomic E-state index is 10.5. The van der Waals surface area contributed by atoms with E-state index in [1.165, 1.54) is 96.3 Å². The van der Waals surface area contributed by atoms with Gasteiger partial charge in [-0.15, -0.1) is 0 Å². The predicted octanol–water partition coefficient (Wildman–Crippen LogP) is 7.03. The Hall–Kier alpha value is -0.120. The van der Waals surface area contributed by atoms with E-state index in [4.69, 9.17) is 4.74 Å². The second-order valence-electron chi connectivity index (χ2n) is 9.26. The molecule has 0 heterocycles. The van der Waals surface area contributed by atoms with Crippen molar-refractivity contribution in [3.63, 3.8) is 0 Å². The van der Waals surface area contributed by atoms with Gasteiger partial charge >= 0.3 is 5.91 Å². The molecular formula is C24H52NO2+. The Morgan fingerprint density at radius 1 is 0.593 bits per heavy atom. The van der Waals surface area contributed by atoms with E-state index in [9.17, 15) is 5.11 Å². The van der Waals surface area contributed by atoms with Gasteiger partial charge in [-0.05, 0) is 6.42 Å². The lowest BCUT2D eigenvalue weighted by Crippen LogP contribution is -2.58. The van der Waals surface area contributed by atoms with E-state index >= 15 is 0 Å². The van der Waals surface area contributed by atoms with Crippen molar-refractivity contribution in [2.24, 2.45) is 0 Å². The topological polar surface area (TPSA) is 29.5 Å². The monoisotopic (exact) mass is 386 g/mol. The maximum atomic E-state index is 10.5. The largest absolute Gasteiger partial charge is 0.319 e. The third kappa shape index (κ3) is 14.5. The molecule has 0 saturated heterocycles. The Labute approximate surface area is 171 Å². The fourth-order valence-corrected chi connectivity index (χ4v) is 3.66. The molecule has 0 radical (unpaired) electrons. The van der Waals surface area contributed by atoms with Crippen molar-refractivity contribution in [2.45, 2.75) is 129 Å². The standard InChI is InChI=1S/C24H52NO2/c1-6-8-9-10-11-12-13-14-15-16-17-18-19-20-21-22-23-27-24(26,7-2)25(3,4)5/h26H,6-23H2,1-5H3/q+1. The minimum absolute atomic E-state index is 0.433. The highest BCUT2D eigenvalue weighted by Gasteiger charge is 2.40. The molecule has 0 aromatic heterocycles. The number of aliphatic hydroxyl groups is 1. The van der Waals surface area contributed by atoms with Crippen LogP contribution < -0.4 is 0 Å². The third-order valence-electron chi connectivity index (χ3n) is 5.84. The van der Waals surface area contributed by atoms with Crippen LogP contribution >= 0.6 is 0 Å². The normalized spacial score (nSPS) is 14.4. The molecule has 0 aliphatic carbocycles. The molecule has 27 heavy (non-hydrogen) atoms. The molecule has 0 aromatic rings. The van der Waals surface area contributed by atoms with Crippen molar-refractivity contribution in [2.75, 3.05) is 27.7 Å². The number of hydrogen-bond acceptors (Lipinski definition) is 2. The van der Waals surface area contributed by atoms with Crippen LogP contribution in [0.25, 0.3) is 0 Å². The highest BCUT2D eigenvalue weighted by atomic mass is 16.7. The van der Waals surface area contributed by atoms with Crippen LogP contribution in [0.3, 0.4) is 0 Å². The van der Waals surface area contributed by atoms with Gasteiger partial charge in [0.1, 0.15) is 0 Å². The van der Waals surface area contributed by atoms with Crippen LogP contribution in [0.5, 0.6) is 0 Å². The van der Waals surface area contributed by atoms with Gasteiger partial charge in [-0.2, -0.15) is 0 Å². The summed E-state index contributed by atoms with van der Waals surface area (Å²) >= 11 is 0. The Bertz CT molecular complexity index is 314. The van der Waals surface area contributed by atoms with E-state index in [1.807, 2.05) is 28.1 Å². The zero-order chi connectivity index (χ0) is 20.4. The first-order valence-corrected chi connectivity index (χ1v) is 12.0. The summed E-state index contributed by atoms with van der Waals surface area (Å²) in [5.41, 5.74) is 0. The van der Waals surface area contributed by atoms with Crippen molar-refractivity contribution in [1.29, 1.82) is 0 Å². The van der Waals surface area contributed by atoms with Crippen LogP contribution in [0, 0.1) is 0 Å². The Balaban J connectivity index is 3.30. The van der Waals surface area contributed by atoms with E-state index < -0.39 is 5.91 Å². The van der Waals surface area contributed by atoms with Crippen LogP contribution in [0.2, 0.25) is 0 Å². The number of hydrogen-bond donors (Lipinski definition) is 1. The smallest absolute Gasteiger partial charge is 0.315 e. The number of nitrogens with zero attached hydrogens (tertiary/aromatic N) is 1. The van der Waals surface area contributed by atoms with Crippen LogP contribution in [-0.2, 0) is 4.74 Å². The first-order chi connectivity index (χ1) is 12.9. The highest BCUT2D eigenvalue weighted by Crippen LogP contribution is 2.22. The molecule has 0 aliphatic heterocycles. The molecule has 3 nitrogen and oxygen atoms in total. The maximum Gasteiger partial charge on any atom is 0.315 e. The second kappa shape index (κ2) is 16.8. The quantitative estimate of drug-likeness (QED) is 0.138. The van der Waals surface area contributed by atoms with Gasteiger partial charge in [0, 0.05) is 0 Å². The lowest BCUT2D eigenvalue weighted by Gasteiger charge is -2.40. The fourth-order valence-electron chi connectivity index (χ4n) is 3.66. The van der Waals surface area contributed by atoms with E-state index in [1.54, 1.807) is 0 Å². The second-order valence-corrected chi connectivity index (χ2v) is 9.26. The van der Waals surface area contributed by atoms with Gasteiger partial charge < -0.3 is 9.84 Å². The van der Waals surface area contributed by atoms with Gasteiger partial charge in [0.05, 0.1) is 34.2 Å². The molecule has 1 atom stereocenters. The van der Waals surface area contributed by atoms with Gasteiger partial charge in [-0.25, -0.2) is 0 Å². The molecule has 0 spiro atoms. The Morgan fingerprint density at radius 2 is 0.926 bits per heavy atom. The van der Waals surface area contributed by atoms with Crippen LogP contribution in [-0.4, -0.2) is 43.3 Å². The summed E-state index contributed by atoms with van der Waals surface area (Å²) in [6, 6.07) is 0. The Morgan fingerprint density at radius 3 is 1.22 bits per heavy atom. The molecule has 0 saturated carbocycles. The van der Waals surface area contributed by atoms with Crippen molar-refractivity contribution < 1.29 is 14.3 Å². The summed E-state index contributed by atoms with van der Waals surface area (Å²) in [5.74, 6) is -1.05. The molecule has 0 aromatic carbocycles. The van der Waals surface area contributed by atoms with Gasteiger partial charge in [-0.1, -0.05) is 110 Å². The third-order valence-corrected chi connectivity index (χ3v) is 5.84. The van der Waals surface area contributed by atoms with Crippen LogP contribution in [0.1, 0.15) is 123 Å². The molecule has 0 fully saturated rings. The molecule has 0 rings (SSSR count). The van der Waals surface area contributed by atoms with Crippen LogP contribution in [0.15, 0.2) is 0 Å². The summed E-state index contributed by atoms with van der Waals surface area (Å²) < 4.78 is 6.22. The lowest BCUT2D eigenvalue weighted by molar-refractivity contribution is -0.980. The molecule has 1 unspecified atom stereocenters. The molecule has 0 amide bonds. The first kappa shape index (κ1) is 26.9. The van der Waals surface area contributed by atoms with Crippen molar-refractivity contribution in [3.8, 4) is 0 Å². The van der Waals surface area contributed by atoms with Gasteiger partial charge in [-0.3, -0.25) is 4.48 Å².